The van der Waals surface area contributed by atoms with Crippen LogP contribution in [0, 0.1) is 0 Å². The molecule has 0 fully saturated rings. The number of carboxylic acid groups (broad SMARTS) is 1. The van der Waals surface area contributed by atoms with Crippen molar-refractivity contribution in [3.63, 3.8) is 0 Å². The van der Waals surface area contributed by atoms with Crippen molar-refractivity contribution in [2.24, 2.45) is 0 Å². The zero-order valence-corrected chi connectivity index (χ0v) is 13.0. The maximum absolute atomic E-state index is 12.1. The molecule has 6 nitrogen and oxygen atoms in total. The average molecular weight is 331 g/mol. The second-order valence-electron chi connectivity index (χ2n) is 5.76. The van der Waals surface area contributed by atoms with Gasteiger partial charge in [-0.05, 0) is 38.5 Å². The number of hydrogen-bond donors (Lipinski definition) is 2. The molecule has 8 heteroatoms. The van der Waals surface area contributed by atoms with E-state index in [-0.39, 0.29) is 12.2 Å². The van der Waals surface area contributed by atoms with Crippen LogP contribution in [0.15, 0.2) is 24.3 Å². The largest absolute Gasteiger partial charge is 0.480 e. The van der Waals surface area contributed by atoms with Crippen molar-refractivity contribution in [1.29, 1.82) is 0 Å². The molecule has 1 rings (SSSR count). The van der Waals surface area contributed by atoms with Crippen molar-refractivity contribution in [3.05, 3.63) is 29.8 Å². The lowest BCUT2D eigenvalue weighted by molar-refractivity contribution is -0.139. The third-order valence-corrected chi connectivity index (χ3v) is 2.58. The molecule has 0 heterocycles. The van der Waals surface area contributed by atoms with Gasteiger partial charge in [0.25, 0.3) is 0 Å². The Bertz CT molecular complexity index is 540. The van der Waals surface area contributed by atoms with E-state index in [1.54, 1.807) is 20.8 Å². The first-order valence-corrected chi connectivity index (χ1v) is 6.83. The van der Waals surface area contributed by atoms with Gasteiger partial charge in [-0.25, -0.2) is 9.59 Å². The maximum atomic E-state index is 12.1. The van der Waals surface area contributed by atoms with Crippen LogP contribution in [0.4, 0.5) is 13.6 Å². The van der Waals surface area contributed by atoms with E-state index < -0.39 is 30.3 Å². The van der Waals surface area contributed by atoms with Crippen molar-refractivity contribution in [1.82, 2.24) is 5.32 Å². The molecule has 0 aliphatic rings. The average Bonchev–Trinajstić information content (AvgIpc) is 2.37. The first-order valence-electron chi connectivity index (χ1n) is 6.83. The number of carbonyl (C=O) groups is 2. The highest BCUT2D eigenvalue weighted by atomic mass is 19.3. The van der Waals surface area contributed by atoms with E-state index >= 15 is 0 Å². The minimum atomic E-state index is -2.93. The molecule has 0 bridgehead atoms. The number of hydrogen-bond acceptors (Lipinski definition) is 4. The third-order valence-electron chi connectivity index (χ3n) is 2.58. The van der Waals surface area contributed by atoms with E-state index in [0.29, 0.717) is 5.56 Å². The zero-order valence-electron chi connectivity index (χ0n) is 13.0. The topological polar surface area (TPSA) is 84.9 Å². The summed E-state index contributed by atoms with van der Waals surface area (Å²) in [7, 11) is 0. The fraction of sp³-hybridized carbons (Fsp3) is 0.467. The van der Waals surface area contributed by atoms with Crippen LogP contribution in [0.3, 0.4) is 0 Å². The van der Waals surface area contributed by atoms with Crippen molar-refractivity contribution in [2.45, 2.75) is 45.4 Å². The van der Waals surface area contributed by atoms with Gasteiger partial charge in [0.1, 0.15) is 17.4 Å². The van der Waals surface area contributed by atoms with E-state index in [1.165, 1.54) is 24.3 Å². The Balaban J connectivity index is 2.69. The first kappa shape index (κ1) is 18.7. The van der Waals surface area contributed by atoms with Crippen LogP contribution < -0.4 is 10.1 Å². The van der Waals surface area contributed by atoms with Gasteiger partial charge in [-0.15, -0.1) is 0 Å². The summed E-state index contributed by atoms with van der Waals surface area (Å²) in [5.74, 6) is -1.26. The second kappa shape index (κ2) is 7.75. The van der Waals surface area contributed by atoms with E-state index in [4.69, 9.17) is 9.84 Å². The Labute approximate surface area is 132 Å². The van der Waals surface area contributed by atoms with Crippen molar-refractivity contribution in [2.75, 3.05) is 0 Å². The van der Waals surface area contributed by atoms with Crippen LogP contribution in [0.5, 0.6) is 5.75 Å². The molecule has 0 saturated heterocycles. The van der Waals surface area contributed by atoms with Crippen LogP contribution in [0.2, 0.25) is 0 Å². The number of amides is 1. The molecule has 128 valence electrons. The van der Waals surface area contributed by atoms with Gasteiger partial charge in [0, 0.05) is 6.42 Å². The zero-order chi connectivity index (χ0) is 17.6. The van der Waals surface area contributed by atoms with Crippen LogP contribution >= 0.6 is 0 Å². The summed E-state index contributed by atoms with van der Waals surface area (Å²) in [6.45, 7) is 2.04. The van der Waals surface area contributed by atoms with Gasteiger partial charge < -0.3 is 19.9 Å². The number of ether oxygens (including phenoxy) is 2. The van der Waals surface area contributed by atoms with E-state index in [9.17, 15) is 18.4 Å². The number of nitrogens with one attached hydrogen (secondary N) is 1. The van der Waals surface area contributed by atoms with Crippen LogP contribution in [0.1, 0.15) is 26.3 Å². The highest BCUT2D eigenvalue weighted by molar-refractivity contribution is 5.80. The molecule has 1 amide bonds. The van der Waals surface area contributed by atoms with Gasteiger partial charge in [-0.1, -0.05) is 12.1 Å². The summed E-state index contributed by atoms with van der Waals surface area (Å²) in [5.41, 5.74) is -0.212. The molecule has 2 N–H and O–H groups in total. The summed E-state index contributed by atoms with van der Waals surface area (Å²) in [4.78, 5) is 22.9. The smallest absolute Gasteiger partial charge is 0.408 e. The minimum Gasteiger partial charge on any atom is -0.480 e. The Morgan fingerprint density at radius 2 is 1.78 bits per heavy atom. The van der Waals surface area contributed by atoms with Crippen LogP contribution in [-0.4, -0.2) is 35.4 Å². The summed E-state index contributed by atoms with van der Waals surface area (Å²) in [6.07, 6.45) is -0.869. The number of aliphatic carboxylic acids is 1. The number of halogens is 2. The highest BCUT2D eigenvalue weighted by Crippen LogP contribution is 2.16. The molecule has 0 spiro atoms. The molecule has 0 aliphatic heterocycles. The van der Waals surface area contributed by atoms with Gasteiger partial charge in [0.2, 0.25) is 0 Å². The molecule has 0 radical (unpaired) electrons. The predicted octanol–water partition coefficient (Wildman–Crippen LogP) is 2.81. The maximum Gasteiger partial charge on any atom is 0.408 e. The fourth-order valence-electron chi connectivity index (χ4n) is 1.69. The molecular formula is C15H19F2NO5. The standard InChI is InChI=1S/C15H19F2NO5/c1-15(2,3)23-14(21)18-11(12(19)20)8-9-4-6-10(7-5-9)22-13(16)17/h4-7,11,13H,8H2,1-3H3,(H,18,21)(H,19,20)/t11-/m1/s1. The predicted molar refractivity (Wildman–Crippen MR) is 77.6 cm³/mol. The summed E-state index contributed by atoms with van der Waals surface area (Å²) >= 11 is 0. The van der Waals surface area contributed by atoms with Gasteiger partial charge in [0.05, 0.1) is 0 Å². The normalized spacial score (nSPS) is 12.6. The molecule has 23 heavy (non-hydrogen) atoms. The molecular weight excluding hydrogens is 312 g/mol. The molecule has 0 aromatic heterocycles. The molecule has 1 aromatic rings. The molecule has 0 aliphatic carbocycles. The van der Waals surface area contributed by atoms with E-state index in [1.807, 2.05) is 0 Å². The lowest BCUT2D eigenvalue weighted by atomic mass is 10.1. The number of carboxylic acids is 1. The number of carbonyl (C=O) groups excluding carboxylic acids is 1. The molecule has 0 saturated carbocycles. The lowest BCUT2D eigenvalue weighted by Gasteiger charge is -2.22. The van der Waals surface area contributed by atoms with Crippen molar-refractivity contribution < 1.29 is 33.0 Å². The summed E-state index contributed by atoms with van der Waals surface area (Å²) in [6, 6.07) is 4.29. The summed E-state index contributed by atoms with van der Waals surface area (Å²) in [5, 5.41) is 11.4. The molecule has 1 aromatic carbocycles. The summed E-state index contributed by atoms with van der Waals surface area (Å²) < 4.78 is 33.3. The lowest BCUT2D eigenvalue weighted by Crippen LogP contribution is -2.44. The van der Waals surface area contributed by atoms with Crippen molar-refractivity contribution >= 4 is 12.1 Å². The molecule has 0 unspecified atom stereocenters. The van der Waals surface area contributed by atoms with Gasteiger partial charge in [-0.3, -0.25) is 0 Å². The number of alkyl carbamates (subject to hydrolysis) is 1. The quantitative estimate of drug-likeness (QED) is 0.837. The monoisotopic (exact) mass is 331 g/mol. The fourth-order valence-corrected chi connectivity index (χ4v) is 1.69. The van der Waals surface area contributed by atoms with E-state index in [2.05, 4.69) is 10.1 Å². The van der Waals surface area contributed by atoms with Gasteiger partial charge >= 0.3 is 18.7 Å². The Morgan fingerprint density at radius 3 is 2.22 bits per heavy atom. The Kier molecular flexibility index (Phi) is 6.29. The van der Waals surface area contributed by atoms with Crippen LogP contribution in [0.25, 0.3) is 0 Å². The number of benzene rings is 1. The van der Waals surface area contributed by atoms with E-state index in [0.717, 1.165) is 0 Å². The third kappa shape index (κ3) is 7.44. The second-order valence-corrected chi connectivity index (χ2v) is 5.76. The Morgan fingerprint density at radius 1 is 1.22 bits per heavy atom. The number of alkyl halides is 2. The highest BCUT2D eigenvalue weighted by Gasteiger charge is 2.24. The number of rotatable bonds is 6. The molecule has 1 atom stereocenters. The SMILES string of the molecule is CC(C)(C)OC(=O)N[C@H](Cc1ccc(OC(F)F)cc1)C(=O)O. The van der Waals surface area contributed by atoms with Crippen molar-refractivity contribution in [3.8, 4) is 5.75 Å². The van der Waals surface area contributed by atoms with Gasteiger partial charge in [-0.2, -0.15) is 8.78 Å². The van der Waals surface area contributed by atoms with Crippen LogP contribution in [-0.2, 0) is 16.0 Å². The first-order chi connectivity index (χ1) is 10.6. The van der Waals surface area contributed by atoms with Gasteiger partial charge in [0.15, 0.2) is 0 Å². The Hall–Kier alpha value is -2.38. The minimum absolute atomic E-state index is 0.0243.